The molecule has 112 valence electrons. The zero-order valence-corrected chi connectivity index (χ0v) is 13.3. The fraction of sp³-hybridized carbons (Fsp3) is 0.933. The first-order chi connectivity index (χ1) is 8.97. The van der Waals surface area contributed by atoms with E-state index in [1.165, 1.54) is 0 Å². The topological polar surface area (TPSA) is 35.6 Å². The Morgan fingerprint density at radius 3 is 2.11 bits per heavy atom. The minimum Gasteiger partial charge on any atom is -0.337 e. The quantitative estimate of drug-likeness (QED) is 0.797. The monoisotopic (exact) mass is 269 g/mol. The molecule has 1 rings (SSSR count). The maximum Gasteiger partial charge on any atom is 0.237 e. The van der Waals surface area contributed by atoms with Crippen molar-refractivity contribution in [2.24, 2.45) is 0 Å². The molecule has 1 N–H and O–H groups in total. The molecule has 1 heterocycles. The van der Waals surface area contributed by atoms with Crippen LogP contribution in [0.15, 0.2) is 0 Å². The molecule has 4 nitrogen and oxygen atoms in total. The van der Waals surface area contributed by atoms with Gasteiger partial charge in [0.25, 0.3) is 0 Å². The van der Waals surface area contributed by atoms with Gasteiger partial charge >= 0.3 is 0 Å². The Bertz CT molecular complexity index is 265. The Hall–Kier alpha value is -0.610. The van der Waals surface area contributed by atoms with Crippen LogP contribution in [0.5, 0.6) is 0 Å². The summed E-state index contributed by atoms with van der Waals surface area (Å²) in [5.41, 5.74) is 0. The molecule has 1 saturated heterocycles. The first kappa shape index (κ1) is 16.4. The highest BCUT2D eigenvalue weighted by Gasteiger charge is 2.26. The minimum absolute atomic E-state index is 0.269. The zero-order chi connectivity index (χ0) is 14.4. The minimum atomic E-state index is 0.269. The number of hydrogen-bond donors (Lipinski definition) is 1. The van der Waals surface area contributed by atoms with E-state index in [2.05, 4.69) is 44.8 Å². The van der Waals surface area contributed by atoms with Crippen molar-refractivity contribution in [3.8, 4) is 0 Å². The van der Waals surface area contributed by atoms with Gasteiger partial charge in [0.2, 0.25) is 5.91 Å². The predicted molar refractivity (Wildman–Crippen MR) is 80.3 cm³/mol. The van der Waals surface area contributed by atoms with Gasteiger partial charge in [0.15, 0.2) is 0 Å². The number of amides is 1. The van der Waals surface area contributed by atoms with Crippen LogP contribution in [-0.4, -0.2) is 60.0 Å². The van der Waals surface area contributed by atoms with Gasteiger partial charge in [-0.1, -0.05) is 6.92 Å². The van der Waals surface area contributed by atoms with Crippen molar-refractivity contribution in [2.45, 2.75) is 65.6 Å². The Balaban J connectivity index is 2.60. The molecule has 0 aromatic carbocycles. The molecule has 0 spiro atoms. The number of hydrogen-bond acceptors (Lipinski definition) is 3. The van der Waals surface area contributed by atoms with Crippen molar-refractivity contribution in [3.05, 3.63) is 0 Å². The van der Waals surface area contributed by atoms with Crippen LogP contribution in [0.25, 0.3) is 0 Å². The normalized spacial score (nSPS) is 17.5. The fourth-order valence-corrected chi connectivity index (χ4v) is 3.10. The summed E-state index contributed by atoms with van der Waals surface area (Å²) in [7, 11) is 0. The molecule has 1 aliphatic rings. The number of piperidine rings is 1. The number of carbonyl (C=O) groups excluding carboxylic acids is 1. The fourth-order valence-electron chi connectivity index (χ4n) is 3.10. The highest BCUT2D eigenvalue weighted by Crippen LogP contribution is 2.13. The summed E-state index contributed by atoms with van der Waals surface area (Å²) in [6.07, 6.45) is 2.31. The lowest BCUT2D eigenvalue weighted by Gasteiger charge is -2.37. The van der Waals surface area contributed by atoms with E-state index in [1.807, 2.05) is 4.90 Å². The molecule has 0 radical (unpaired) electrons. The molecular weight excluding hydrogens is 238 g/mol. The second-order valence-electron chi connectivity index (χ2n) is 6.03. The third-order valence-electron chi connectivity index (χ3n) is 3.97. The summed E-state index contributed by atoms with van der Waals surface area (Å²) in [5.74, 6) is 0.269. The van der Waals surface area contributed by atoms with Crippen LogP contribution in [0.3, 0.4) is 0 Å². The third kappa shape index (κ3) is 4.77. The van der Waals surface area contributed by atoms with E-state index in [-0.39, 0.29) is 18.0 Å². The third-order valence-corrected chi connectivity index (χ3v) is 3.97. The second-order valence-corrected chi connectivity index (χ2v) is 6.03. The lowest BCUT2D eigenvalue weighted by molar-refractivity contribution is -0.136. The number of likely N-dealkylation sites (N-methyl/N-ethyl adjacent to an activating group) is 1. The summed E-state index contributed by atoms with van der Waals surface area (Å²) in [6, 6.07) is 1.12. The molecule has 4 heteroatoms. The average molecular weight is 269 g/mol. The van der Waals surface area contributed by atoms with Crippen molar-refractivity contribution >= 4 is 5.91 Å². The van der Waals surface area contributed by atoms with E-state index in [0.29, 0.717) is 12.6 Å². The van der Waals surface area contributed by atoms with Gasteiger partial charge in [-0.25, -0.2) is 0 Å². The van der Waals surface area contributed by atoms with E-state index >= 15 is 0 Å². The van der Waals surface area contributed by atoms with Crippen molar-refractivity contribution in [2.75, 3.05) is 26.2 Å². The highest BCUT2D eigenvalue weighted by molar-refractivity contribution is 5.78. The van der Waals surface area contributed by atoms with Crippen LogP contribution in [0, 0.1) is 0 Å². The highest BCUT2D eigenvalue weighted by atomic mass is 16.2. The molecule has 0 aromatic heterocycles. The van der Waals surface area contributed by atoms with Crippen LogP contribution in [-0.2, 0) is 4.79 Å². The Morgan fingerprint density at radius 2 is 1.68 bits per heavy atom. The summed E-state index contributed by atoms with van der Waals surface area (Å²) in [5, 5.41) is 3.38. The largest absolute Gasteiger partial charge is 0.337 e. The average Bonchev–Trinajstić information content (AvgIpc) is 2.36. The van der Waals surface area contributed by atoms with Crippen LogP contribution in [0.4, 0.5) is 0 Å². The van der Waals surface area contributed by atoms with Crippen molar-refractivity contribution in [1.82, 2.24) is 15.1 Å². The van der Waals surface area contributed by atoms with Crippen molar-refractivity contribution in [1.29, 1.82) is 0 Å². The molecule has 0 saturated carbocycles. The summed E-state index contributed by atoms with van der Waals surface area (Å²) >= 11 is 0. The van der Waals surface area contributed by atoms with E-state index in [9.17, 15) is 4.79 Å². The molecule has 1 fully saturated rings. The predicted octanol–water partition coefficient (Wildman–Crippen LogP) is 1.71. The molecule has 0 bridgehead atoms. The standard InChI is InChI=1S/C15H31N3O/c1-6-17(14-7-9-16-10-8-14)11-15(19)18(12(2)3)13(4)5/h12-14,16H,6-11H2,1-5H3. The summed E-state index contributed by atoms with van der Waals surface area (Å²) < 4.78 is 0. The molecule has 0 aliphatic carbocycles. The first-order valence-electron chi connectivity index (χ1n) is 7.73. The number of nitrogens with zero attached hydrogens (tertiary/aromatic N) is 2. The van der Waals surface area contributed by atoms with E-state index in [1.54, 1.807) is 0 Å². The first-order valence-corrected chi connectivity index (χ1v) is 7.73. The van der Waals surface area contributed by atoms with Crippen molar-refractivity contribution < 1.29 is 4.79 Å². The van der Waals surface area contributed by atoms with E-state index < -0.39 is 0 Å². The molecular formula is C15H31N3O. The SMILES string of the molecule is CCN(CC(=O)N(C(C)C)C(C)C)C1CCNCC1. The number of rotatable bonds is 6. The lowest BCUT2D eigenvalue weighted by Crippen LogP contribution is -2.51. The molecule has 0 atom stereocenters. The number of carbonyl (C=O) groups is 1. The van der Waals surface area contributed by atoms with Crippen LogP contribution < -0.4 is 5.32 Å². The van der Waals surface area contributed by atoms with Crippen LogP contribution in [0.1, 0.15) is 47.5 Å². The molecule has 1 aliphatic heterocycles. The van der Waals surface area contributed by atoms with Gasteiger partial charge in [0.1, 0.15) is 0 Å². The Morgan fingerprint density at radius 1 is 1.16 bits per heavy atom. The van der Waals surface area contributed by atoms with Crippen LogP contribution >= 0.6 is 0 Å². The van der Waals surface area contributed by atoms with Gasteiger partial charge in [0, 0.05) is 18.1 Å². The maximum absolute atomic E-state index is 12.5. The van der Waals surface area contributed by atoms with Gasteiger partial charge < -0.3 is 10.2 Å². The second kappa shape index (κ2) is 7.85. The Kier molecular flexibility index (Phi) is 6.80. The summed E-state index contributed by atoms with van der Waals surface area (Å²) in [6.45, 7) is 14.2. The number of nitrogens with one attached hydrogen (secondary N) is 1. The Labute approximate surface area is 118 Å². The zero-order valence-electron chi connectivity index (χ0n) is 13.3. The van der Waals surface area contributed by atoms with E-state index in [4.69, 9.17) is 0 Å². The van der Waals surface area contributed by atoms with Gasteiger partial charge in [-0.15, -0.1) is 0 Å². The van der Waals surface area contributed by atoms with Gasteiger partial charge in [-0.05, 0) is 60.2 Å². The lowest BCUT2D eigenvalue weighted by atomic mass is 10.0. The van der Waals surface area contributed by atoms with Crippen LogP contribution in [0.2, 0.25) is 0 Å². The van der Waals surface area contributed by atoms with E-state index in [0.717, 1.165) is 32.5 Å². The smallest absolute Gasteiger partial charge is 0.237 e. The summed E-state index contributed by atoms with van der Waals surface area (Å²) in [4.78, 5) is 16.9. The maximum atomic E-state index is 12.5. The van der Waals surface area contributed by atoms with Crippen molar-refractivity contribution in [3.63, 3.8) is 0 Å². The van der Waals surface area contributed by atoms with Gasteiger partial charge in [0.05, 0.1) is 6.54 Å². The van der Waals surface area contributed by atoms with Gasteiger partial charge in [-0.2, -0.15) is 0 Å². The molecule has 0 unspecified atom stereocenters. The molecule has 0 aromatic rings. The van der Waals surface area contributed by atoms with Gasteiger partial charge in [-0.3, -0.25) is 9.69 Å². The molecule has 19 heavy (non-hydrogen) atoms. The molecule has 1 amide bonds.